The van der Waals surface area contributed by atoms with E-state index in [0.29, 0.717) is 19.0 Å². The molecule has 24 heavy (non-hydrogen) atoms. The normalized spacial score (nSPS) is 13.6. The number of rotatable bonds is 3. The van der Waals surface area contributed by atoms with E-state index >= 15 is 0 Å². The molecule has 0 spiro atoms. The molecule has 0 bridgehead atoms. The number of carbonyl (C=O) groups is 1. The van der Waals surface area contributed by atoms with Crippen molar-refractivity contribution in [1.82, 2.24) is 25.4 Å². The van der Waals surface area contributed by atoms with E-state index in [0.717, 1.165) is 28.9 Å². The van der Waals surface area contributed by atoms with Crippen LogP contribution in [0, 0.1) is 0 Å². The molecule has 1 aliphatic rings. The van der Waals surface area contributed by atoms with Crippen molar-refractivity contribution < 1.29 is 9.21 Å². The standard InChI is InChI=1S/C17H17N5O2/c23-17(19-10-15-18-7-9-24-15)22-8-6-14-13(11-22)16(21-20-14)12-4-2-1-3-5-12/h1-5,7,9H,6,8,10-11H2,(H,19,23)(H,20,21). The topological polar surface area (TPSA) is 87.0 Å². The molecule has 7 heteroatoms. The van der Waals surface area contributed by atoms with Crippen LogP contribution in [-0.2, 0) is 19.5 Å². The molecule has 2 amide bonds. The van der Waals surface area contributed by atoms with Gasteiger partial charge in [0, 0.05) is 29.8 Å². The lowest BCUT2D eigenvalue weighted by atomic mass is 10.0. The van der Waals surface area contributed by atoms with E-state index in [1.807, 2.05) is 30.3 Å². The van der Waals surface area contributed by atoms with Crippen molar-refractivity contribution in [3.05, 3.63) is 59.9 Å². The Labute approximate surface area is 138 Å². The van der Waals surface area contributed by atoms with Gasteiger partial charge in [0.25, 0.3) is 0 Å². The van der Waals surface area contributed by atoms with E-state index in [2.05, 4.69) is 20.5 Å². The highest BCUT2D eigenvalue weighted by Crippen LogP contribution is 2.28. The highest BCUT2D eigenvalue weighted by atomic mass is 16.3. The maximum Gasteiger partial charge on any atom is 0.318 e. The van der Waals surface area contributed by atoms with Crippen molar-refractivity contribution in [2.75, 3.05) is 6.54 Å². The smallest absolute Gasteiger partial charge is 0.318 e. The quantitative estimate of drug-likeness (QED) is 0.774. The van der Waals surface area contributed by atoms with Crippen molar-refractivity contribution in [1.29, 1.82) is 0 Å². The van der Waals surface area contributed by atoms with Crippen LogP contribution in [0.1, 0.15) is 17.1 Å². The van der Waals surface area contributed by atoms with Crippen LogP contribution in [-0.4, -0.2) is 32.7 Å². The monoisotopic (exact) mass is 323 g/mol. The summed E-state index contributed by atoms with van der Waals surface area (Å²) < 4.78 is 5.13. The molecule has 122 valence electrons. The molecule has 3 heterocycles. The first-order chi connectivity index (χ1) is 11.8. The fourth-order valence-corrected chi connectivity index (χ4v) is 2.91. The maximum absolute atomic E-state index is 12.4. The minimum Gasteiger partial charge on any atom is -0.447 e. The van der Waals surface area contributed by atoms with E-state index in [1.165, 1.54) is 6.26 Å². The molecule has 2 aromatic heterocycles. The predicted octanol–water partition coefficient (Wildman–Crippen LogP) is 2.33. The van der Waals surface area contributed by atoms with Crippen LogP contribution in [0.15, 0.2) is 47.2 Å². The fraction of sp³-hybridized carbons (Fsp3) is 0.235. The first-order valence-corrected chi connectivity index (χ1v) is 7.84. The number of hydrogen-bond acceptors (Lipinski definition) is 4. The van der Waals surface area contributed by atoms with Crippen LogP contribution >= 0.6 is 0 Å². The SMILES string of the molecule is O=C(NCc1ncco1)N1CCc2[nH]nc(-c3ccccc3)c2C1. The summed E-state index contributed by atoms with van der Waals surface area (Å²) in [6, 6.07) is 9.88. The minimum absolute atomic E-state index is 0.126. The number of aromatic nitrogens is 3. The van der Waals surface area contributed by atoms with Crippen molar-refractivity contribution in [2.45, 2.75) is 19.5 Å². The zero-order valence-corrected chi connectivity index (χ0v) is 13.0. The fourth-order valence-electron chi connectivity index (χ4n) is 2.91. The molecule has 2 N–H and O–H groups in total. The average Bonchev–Trinajstić information content (AvgIpc) is 3.29. The van der Waals surface area contributed by atoms with Gasteiger partial charge in [-0.15, -0.1) is 0 Å². The van der Waals surface area contributed by atoms with Gasteiger partial charge in [0.2, 0.25) is 5.89 Å². The molecule has 1 aliphatic heterocycles. The largest absolute Gasteiger partial charge is 0.447 e. The number of amides is 2. The summed E-state index contributed by atoms with van der Waals surface area (Å²) in [6.45, 7) is 1.47. The molecule has 0 saturated heterocycles. The molecule has 0 aliphatic carbocycles. The van der Waals surface area contributed by atoms with Crippen molar-refractivity contribution in [2.24, 2.45) is 0 Å². The highest BCUT2D eigenvalue weighted by Gasteiger charge is 2.25. The molecule has 0 saturated carbocycles. The number of oxazole rings is 1. The third kappa shape index (κ3) is 2.76. The van der Waals surface area contributed by atoms with E-state index < -0.39 is 0 Å². The van der Waals surface area contributed by atoms with Crippen LogP contribution in [0.5, 0.6) is 0 Å². The molecular formula is C17H17N5O2. The zero-order valence-electron chi connectivity index (χ0n) is 13.0. The van der Waals surface area contributed by atoms with Gasteiger partial charge in [0.05, 0.1) is 25.0 Å². The third-order valence-electron chi connectivity index (χ3n) is 4.14. The number of benzene rings is 1. The summed E-state index contributed by atoms with van der Waals surface area (Å²) in [7, 11) is 0. The lowest BCUT2D eigenvalue weighted by molar-refractivity contribution is 0.190. The van der Waals surface area contributed by atoms with Crippen LogP contribution in [0.2, 0.25) is 0 Å². The highest BCUT2D eigenvalue weighted by molar-refractivity contribution is 5.75. The van der Waals surface area contributed by atoms with Gasteiger partial charge >= 0.3 is 6.03 Å². The van der Waals surface area contributed by atoms with E-state index in [4.69, 9.17) is 4.42 Å². The molecule has 4 rings (SSSR count). The van der Waals surface area contributed by atoms with Crippen LogP contribution < -0.4 is 5.32 Å². The van der Waals surface area contributed by atoms with Crippen molar-refractivity contribution in [3.8, 4) is 11.3 Å². The molecule has 0 radical (unpaired) electrons. The number of hydrogen-bond donors (Lipinski definition) is 2. The maximum atomic E-state index is 12.4. The van der Waals surface area contributed by atoms with E-state index in [1.54, 1.807) is 11.1 Å². The molecule has 0 unspecified atom stereocenters. The lowest BCUT2D eigenvalue weighted by Gasteiger charge is -2.27. The second-order valence-electron chi connectivity index (χ2n) is 5.65. The second kappa shape index (κ2) is 6.19. The van der Waals surface area contributed by atoms with E-state index in [-0.39, 0.29) is 12.6 Å². The summed E-state index contributed by atoms with van der Waals surface area (Å²) in [5.41, 5.74) is 4.15. The molecule has 1 aromatic carbocycles. The van der Waals surface area contributed by atoms with Crippen molar-refractivity contribution in [3.63, 3.8) is 0 Å². The number of nitrogens with zero attached hydrogens (tertiary/aromatic N) is 3. The van der Waals surface area contributed by atoms with Gasteiger partial charge in [0.1, 0.15) is 6.26 Å². The molecule has 7 nitrogen and oxygen atoms in total. The third-order valence-corrected chi connectivity index (χ3v) is 4.14. The minimum atomic E-state index is -0.126. The summed E-state index contributed by atoms with van der Waals surface area (Å²) in [4.78, 5) is 18.2. The summed E-state index contributed by atoms with van der Waals surface area (Å²) in [5, 5.41) is 10.4. The van der Waals surface area contributed by atoms with Gasteiger partial charge in [-0.3, -0.25) is 5.10 Å². The molecule has 0 fully saturated rings. The van der Waals surface area contributed by atoms with Gasteiger partial charge in [-0.05, 0) is 0 Å². The Bertz CT molecular complexity index is 826. The Morgan fingerprint density at radius 3 is 3.00 bits per heavy atom. The summed E-state index contributed by atoms with van der Waals surface area (Å²) >= 11 is 0. The Kier molecular flexibility index (Phi) is 3.74. The van der Waals surface area contributed by atoms with Crippen LogP contribution in [0.4, 0.5) is 4.79 Å². The summed E-state index contributed by atoms with van der Waals surface area (Å²) in [6.07, 6.45) is 3.82. The molecule has 3 aromatic rings. The van der Waals surface area contributed by atoms with Gasteiger partial charge < -0.3 is 14.6 Å². The number of urea groups is 1. The molecule has 0 atom stereocenters. The number of nitrogens with one attached hydrogen (secondary N) is 2. The first-order valence-electron chi connectivity index (χ1n) is 7.84. The van der Waals surface area contributed by atoms with Gasteiger partial charge in [-0.1, -0.05) is 30.3 Å². The number of aromatic amines is 1. The van der Waals surface area contributed by atoms with Crippen LogP contribution in [0.25, 0.3) is 11.3 Å². The van der Waals surface area contributed by atoms with Crippen molar-refractivity contribution >= 4 is 6.03 Å². The average molecular weight is 323 g/mol. The Balaban J connectivity index is 1.49. The number of fused-ring (bicyclic) bond motifs is 1. The second-order valence-corrected chi connectivity index (χ2v) is 5.65. The van der Waals surface area contributed by atoms with Gasteiger partial charge in [-0.2, -0.15) is 5.10 Å². The predicted molar refractivity (Wildman–Crippen MR) is 86.9 cm³/mol. The molecular weight excluding hydrogens is 306 g/mol. The Morgan fingerprint density at radius 1 is 1.33 bits per heavy atom. The van der Waals surface area contributed by atoms with Crippen LogP contribution in [0.3, 0.4) is 0 Å². The Hall–Kier alpha value is -3.09. The zero-order chi connectivity index (χ0) is 16.4. The summed E-state index contributed by atoms with van der Waals surface area (Å²) in [5.74, 6) is 0.495. The van der Waals surface area contributed by atoms with Gasteiger partial charge in [0.15, 0.2) is 0 Å². The number of carbonyl (C=O) groups excluding carboxylic acids is 1. The van der Waals surface area contributed by atoms with Gasteiger partial charge in [-0.25, -0.2) is 9.78 Å². The number of H-pyrrole nitrogens is 1. The Morgan fingerprint density at radius 2 is 2.21 bits per heavy atom. The van der Waals surface area contributed by atoms with E-state index in [9.17, 15) is 4.79 Å². The first kappa shape index (κ1) is 14.5. The lowest BCUT2D eigenvalue weighted by Crippen LogP contribution is -2.42.